The Morgan fingerprint density at radius 2 is 1.95 bits per heavy atom. The Bertz CT molecular complexity index is 493. The molecule has 124 valence electrons. The van der Waals surface area contributed by atoms with Crippen molar-refractivity contribution < 1.29 is 9.32 Å². The zero-order valence-electron chi connectivity index (χ0n) is 14.7. The van der Waals surface area contributed by atoms with Crippen LogP contribution in [0.4, 0.5) is 0 Å². The van der Waals surface area contributed by atoms with E-state index >= 15 is 0 Å². The Morgan fingerprint density at radius 1 is 1.32 bits per heavy atom. The highest BCUT2D eigenvalue weighted by Crippen LogP contribution is 2.27. The fourth-order valence-corrected chi connectivity index (χ4v) is 3.06. The van der Waals surface area contributed by atoms with E-state index in [1.54, 1.807) is 0 Å². The van der Waals surface area contributed by atoms with Crippen LogP contribution in [0.5, 0.6) is 0 Å². The molecule has 1 aliphatic rings. The van der Waals surface area contributed by atoms with Gasteiger partial charge in [0.05, 0.1) is 0 Å². The molecule has 1 aliphatic carbocycles. The van der Waals surface area contributed by atoms with Gasteiger partial charge in [-0.1, -0.05) is 59.0 Å². The lowest BCUT2D eigenvalue weighted by Gasteiger charge is -2.35. The van der Waals surface area contributed by atoms with Crippen LogP contribution in [0.25, 0.3) is 0 Å². The highest BCUT2D eigenvalue weighted by Gasteiger charge is 2.30. The Hall–Kier alpha value is -1.32. The predicted molar refractivity (Wildman–Crippen MR) is 88.0 cm³/mol. The summed E-state index contributed by atoms with van der Waals surface area (Å²) < 4.78 is 5.40. The number of hydrogen-bond acceptors (Lipinski definition) is 3. The third kappa shape index (κ3) is 4.11. The van der Waals surface area contributed by atoms with E-state index in [2.05, 4.69) is 39.8 Å². The van der Waals surface area contributed by atoms with E-state index in [0.29, 0.717) is 17.7 Å². The summed E-state index contributed by atoms with van der Waals surface area (Å²) in [5.41, 5.74) is 0.329. The third-order valence-corrected chi connectivity index (χ3v) is 4.31. The van der Waals surface area contributed by atoms with Crippen molar-refractivity contribution in [2.45, 2.75) is 78.2 Å². The molecular formula is C18H30N2O2. The molecule has 0 aliphatic heterocycles. The molecule has 0 N–H and O–H groups in total. The van der Waals surface area contributed by atoms with Gasteiger partial charge in [-0.05, 0) is 18.8 Å². The quantitative estimate of drug-likeness (QED) is 0.828. The zero-order chi connectivity index (χ0) is 16.3. The molecule has 1 fully saturated rings. The minimum atomic E-state index is -0.126. The second-order valence-corrected chi connectivity index (χ2v) is 7.97. The molecule has 1 heterocycles. The van der Waals surface area contributed by atoms with E-state index < -0.39 is 0 Å². The molecule has 4 nitrogen and oxygen atoms in total. The first-order valence-electron chi connectivity index (χ1n) is 8.57. The van der Waals surface area contributed by atoms with E-state index in [1.807, 2.05) is 11.0 Å². The number of amides is 1. The van der Waals surface area contributed by atoms with E-state index in [-0.39, 0.29) is 11.3 Å². The SMILES string of the molecule is CC(C)CN(C(=O)c1cc(C(C)(C)C)on1)C1CCCCC1. The monoisotopic (exact) mass is 306 g/mol. The van der Waals surface area contributed by atoms with Crippen LogP contribution in [0.15, 0.2) is 10.6 Å². The summed E-state index contributed by atoms with van der Waals surface area (Å²) in [7, 11) is 0. The lowest BCUT2D eigenvalue weighted by molar-refractivity contribution is 0.0593. The summed E-state index contributed by atoms with van der Waals surface area (Å²) in [5.74, 6) is 1.25. The van der Waals surface area contributed by atoms with Gasteiger partial charge < -0.3 is 9.42 Å². The van der Waals surface area contributed by atoms with Gasteiger partial charge >= 0.3 is 0 Å². The summed E-state index contributed by atoms with van der Waals surface area (Å²) in [6, 6.07) is 2.18. The topological polar surface area (TPSA) is 46.3 Å². The molecule has 0 saturated heterocycles. The minimum Gasteiger partial charge on any atom is -0.360 e. The van der Waals surface area contributed by atoms with E-state index in [4.69, 9.17) is 4.52 Å². The fourth-order valence-electron chi connectivity index (χ4n) is 3.06. The van der Waals surface area contributed by atoms with Gasteiger partial charge in [0.1, 0.15) is 5.76 Å². The van der Waals surface area contributed by atoms with Crippen molar-refractivity contribution in [2.75, 3.05) is 6.54 Å². The Labute approximate surface area is 134 Å². The predicted octanol–water partition coefficient (Wildman–Crippen LogP) is 4.40. The standard InChI is InChI=1S/C18H30N2O2/c1-13(2)12-20(14-9-7-6-8-10-14)17(21)15-11-16(22-19-15)18(3,4)5/h11,13-14H,6-10,12H2,1-5H3. The number of carbonyl (C=O) groups is 1. The van der Waals surface area contributed by atoms with Crippen LogP contribution in [-0.4, -0.2) is 28.6 Å². The van der Waals surface area contributed by atoms with Crippen LogP contribution >= 0.6 is 0 Å². The zero-order valence-corrected chi connectivity index (χ0v) is 14.7. The first-order chi connectivity index (χ1) is 10.3. The van der Waals surface area contributed by atoms with Crippen molar-refractivity contribution in [1.82, 2.24) is 10.1 Å². The largest absolute Gasteiger partial charge is 0.360 e. The van der Waals surface area contributed by atoms with Crippen molar-refractivity contribution in [3.63, 3.8) is 0 Å². The van der Waals surface area contributed by atoms with Gasteiger partial charge in [-0.15, -0.1) is 0 Å². The highest BCUT2D eigenvalue weighted by atomic mass is 16.5. The average Bonchev–Trinajstić information content (AvgIpc) is 2.94. The van der Waals surface area contributed by atoms with Gasteiger partial charge in [-0.2, -0.15) is 0 Å². The number of rotatable bonds is 4. The highest BCUT2D eigenvalue weighted by molar-refractivity contribution is 5.92. The Balaban J connectivity index is 2.19. The fraction of sp³-hybridized carbons (Fsp3) is 0.778. The van der Waals surface area contributed by atoms with Crippen molar-refractivity contribution in [3.05, 3.63) is 17.5 Å². The minimum absolute atomic E-state index is 0.0276. The van der Waals surface area contributed by atoms with Crippen molar-refractivity contribution in [2.24, 2.45) is 5.92 Å². The van der Waals surface area contributed by atoms with Crippen LogP contribution in [0.3, 0.4) is 0 Å². The molecule has 22 heavy (non-hydrogen) atoms. The maximum atomic E-state index is 12.9. The van der Waals surface area contributed by atoms with Crippen LogP contribution in [0, 0.1) is 5.92 Å². The molecule has 0 bridgehead atoms. The first-order valence-corrected chi connectivity index (χ1v) is 8.57. The lowest BCUT2D eigenvalue weighted by Crippen LogP contribution is -2.43. The Morgan fingerprint density at radius 3 is 2.45 bits per heavy atom. The number of hydrogen-bond donors (Lipinski definition) is 0. The molecule has 0 radical (unpaired) electrons. The molecule has 1 amide bonds. The number of carbonyl (C=O) groups excluding carboxylic acids is 1. The molecular weight excluding hydrogens is 276 g/mol. The van der Waals surface area contributed by atoms with Gasteiger partial charge in [-0.3, -0.25) is 4.79 Å². The van der Waals surface area contributed by atoms with Gasteiger partial charge in [0.2, 0.25) is 0 Å². The molecule has 4 heteroatoms. The third-order valence-electron chi connectivity index (χ3n) is 4.31. The van der Waals surface area contributed by atoms with Crippen LogP contribution < -0.4 is 0 Å². The van der Waals surface area contributed by atoms with E-state index in [0.717, 1.165) is 25.1 Å². The summed E-state index contributed by atoms with van der Waals surface area (Å²) in [6.45, 7) is 11.3. The van der Waals surface area contributed by atoms with Crippen molar-refractivity contribution in [1.29, 1.82) is 0 Å². The van der Waals surface area contributed by atoms with Gasteiger partial charge in [0.25, 0.3) is 5.91 Å². The average molecular weight is 306 g/mol. The molecule has 1 saturated carbocycles. The number of aromatic nitrogens is 1. The maximum Gasteiger partial charge on any atom is 0.276 e. The van der Waals surface area contributed by atoms with Gasteiger partial charge in [0.15, 0.2) is 5.69 Å². The summed E-state index contributed by atoms with van der Waals surface area (Å²) in [6.07, 6.45) is 5.96. The van der Waals surface area contributed by atoms with E-state index in [1.165, 1.54) is 19.3 Å². The van der Waals surface area contributed by atoms with Crippen LogP contribution in [-0.2, 0) is 5.41 Å². The van der Waals surface area contributed by atoms with Crippen molar-refractivity contribution >= 4 is 5.91 Å². The molecule has 0 aromatic carbocycles. The molecule has 0 atom stereocenters. The van der Waals surface area contributed by atoms with Crippen molar-refractivity contribution in [3.8, 4) is 0 Å². The second kappa shape index (κ2) is 6.84. The lowest BCUT2D eigenvalue weighted by atomic mass is 9.92. The summed E-state index contributed by atoms with van der Waals surface area (Å²) in [4.78, 5) is 15.0. The second-order valence-electron chi connectivity index (χ2n) is 7.97. The summed E-state index contributed by atoms with van der Waals surface area (Å²) in [5, 5.41) is 4.04. The van der Waals surface area contributed by atoms with E-state index in [9.17, 15) is 4.79 Å². The smallest absolute Gasteiger partial charge is 0.276 e. The van der Waals surface area contributed by atoms with Gasteiger partial charge in [0, 0.05) is 24.1 Å². The molecule has 1 aromatic rings. The first kappa shape index (κ1) is 17.0. The van der Waals surface area contributed by atoms with Crippen LogP contribution in [0.2, 0.25) is 0 Å². The molecule has 1 aromatic heterocycles. The number of nitrogens with zero attached hydrogens (tertiary/aromatic N) is 2. The van der Waals surface area contributed by atoms with Gasteiger partial charge in [-0.25, -0.2) is 0 Å². The molecule has 0 spiro atoms. The van der Waals surface area contributed by atoms with Crippen LogP contribution in [0.1, 0.15) is 83.0 Å². The summed E-state index contributed by atoms with van der Waals surface area (Å²) >= 11 is 0. The molecule has 2 rings (SSSR count). The normalized spacial score (nSPS) is 17.0. The maximum absolute atomic E-state index is 12.9. The molecule has 0 unspecified atom stereocenters. The Kier molecular flexibility index (Phi) is 5.30.